The fourth-order valence-electron chi connectivity index (χ4n) is 4.44. The number of carbonyl (C=O) groups is 1. The fraction of sp³-hybridized carbons (Fsp3) is 0.435. The second-order valence-corrected chi connectivity index (χ2v) is 9.77. The molecule has 180 valence electrons. The Morgan fingerprint density at radius 2 is 1.85 bits per heavy atom. The molecule has 2 heterocycles. The second kappa shape index (κ2) is 9.93. The zero-order valence-electron chi connectivity index (χ0n) is 18.1. The van der Waals surface area contributed by atoms with Gasteiger partial charge in [-0.2, -0.15) is 19.1 Å². The van der Waals surface area contributed by atoms with Crippen LogP contribution in [0, 0.1) is 14.9 Å². The summed E-state index contributed by atoms with van der Waals surface area (Å²) in [5.74, 6) is -2.99. The molecule has 1 saturated heterocycles. The van der Waals surface area contributed by atoms with E-state index in [4.69, 9.17) is 0 Å². The summed E-state index contributed by atoms with van der Waals surface area (Å²) < 4.78 is 55.2. The SMILES string of the molecule is N#Cc1cc(NC(=O)c2ccc(I)cc2N2CCC(=C(F)F)CC2)nn1C1CCC(F)(F)CC1. The third-order valence-electron chi connectivity index (χ3n) is 6.30. The molecular weight excluding hydrogens is 565 g/mol. The molecule has 0 unspecified atom stereocenters. The lowest BCUT2D eigenvalue weighted by Gasteiger charge is -2.31. The summed E-state index contributed by atoms with van der Waals surface area (Å²) in [4.78, 5) is 15.0. The van der Waals surface area contributed by atoms with Crippen LogP contribution in [0.4, 0.5) is 29.1 Å². The van der Waals surface area contributed by atoms with E-state index in [1.54, 1.807) is 12.1 Å². The van der Waals surface area contributed by atoms with Gasteiger partial charge in [0.1, 0.15) is 11.8 Å². The number of hydrogen-bond acceptors (Lipinski definition) is 4. The molecule has 1 aliphatic carbocycles. The summed E-state index contributed by atoms with van der Waals surface area (Å²) >= 11 is 2.13. The normalized spacial score (nSPS) is 18.5. The van der Waals surface area contributed by atoms with Gasteiger partial charge in [-0.05, 0) is 72.0 Å². The maximum absolute atomic E-state index is 13.5. The summed E-state index contributed by atoms with van der Waals surface area (Å²) in [6.07, 6.45) is -1.32. The summed E-state index contributed by atoms with van der Waals surface area (Å²) in [5, 5.41) is 16.5. The molecule has 2 aliphatic rings. The van der Waals surface area contributed by atoms with Gasteiger partial charge in [-0.15, -0.1) is 0 Å². The van der Waals surface area contributed by atoms with Crippen LogP contribution in [0.2, 0.25) is 0 Å². The number of nitriles is 1. The van der Waals surface area contributed by atoms with E-state index in [1.807, 2.05) is 17.0 Å². The molecule has 6 nitrogen and oxygen atoms in total. The van der Waals surface area contributed by atoms with Crippen molar-refractivity contribution in [3.05, 3.63) is 50.7 Å². The molecule has 1 aromatic heterocycles. The van der Waals surface area contributed by atoms with Crippen LogP contribution in [0.25, 0.3) is 0 Å². The van der Waals surface area contributed by atoms with Gasteiger partial charge in [0.2, 0.25) is 5.92 Å². The Bertz CT molecular complexity index is 1150. The van der Waals surface area contributed by atoms with Gasteiger partial charge in [0.25, 0.3) is 12.0 Å². The van der Waals surface area contributed by atoms with Gasteiger partial charge in [-0.3, -0.25) is 4.79 Å². The van der Waals surface area contributed by atoms with E-state index in [0.29, 0.717) is 24.3 Å². The topological polar surface area (TPSA) is 74.0 Å². The molecule has 0 atom stereocenters. The molecule has 1 amide bonds. The van der Waals surface area contributed by atoms with Crippen molar-refractivity contribution < 1.29 is 22.4 Å². The van der Waals surface area contributed by atoms with Crippen LogP contribution in [0.3, 0.4) is 0 Å². The van der Waals surface area contributed by atoms with Gasteiger partial charge >= 0.3 is 0 Å². The van der Waals surface area contributed by atoms with Crippen LogP contribution >= 0.6 is 22.6 Å². The number of nitrogens with zero attached hydrogens (tertiary/aromatic N) is 4. The summed E-state index contributed by atoms with van der Waals surface area (Å²) in [7, 11) is 0. The van der Waals surface area contributed by atoms with Crippen molar-refractivity contribution in [2.45, 2.75) is 50.5 Å². The second-order valence-electron chi connectivity index (χ2n) is 8.52. The Hall–Kier alpha value is -2.62. The number of amides is 1. The summed E-state index contributed by atoms with van der Waals surface area (Å²) in [5.41, 5.74) is 1.33. The Morgan fingerprint density at radius 3 is 2.47 bits per heavy atom. The molecule has 1 saturated carbocycles. The maximum atomic E-state index is 13.5. The minimum Gasteiger partial charge on any atom is -0.370 e. The standard InChI is InChI=1S/C23H22F4IN5O/c24-21(25)14-5-9-32(10-6-14)19-11-15(28)1-2-18(19)22(34)30-20-12-17(13-29)33(31-20)16-3-7-23(26,27)8-4-16/h1-2,11-12,16H,3-10H2,(H,30,31,34). The molecule has 0 radical (unpaired) electrons. The molecule has 0 spiro atoms. The molecule has 34 heavy (non-hydrogen) atoms. The van der Waals surface area contributed by atoms with Gasteiger partial charge in [0, 0.05) is 35.6 Å². The van der Waals surface area contributed by atoms with E-state index < -0.39 is 17.9 Å². The van der Waals surface area contributed by atoms with Crippen molar-refractivity contribution in [1.82, 2.24) is 9.78 Å². The number of benzene rings is 1. The Balaban J connectivity index is 1.53. The molecule has 2 aromatic rings. The van der Waals surface area contributed by atoms with Crippen LogP contribution in [0.15, 0.2) is 35.9 Å². The molecule has 1 N–H and O–H groups in total. The number of piperidine rings is 1. The molecule has 2 fully saturated rings. The zero-order valence-corrected chi connectivity index (χ0v) is 20.3. The van der Waals surface area contributed by atoms with E-state index in [2.05, 4.69) is 33.0 Å². The van der Waals surface area contributed by atoms with Crippen molar-refractivity contribution >= 4 is 40.0 Å². The molecule has 4 rings (SSSR count). The number of aromatic nitrogens is 2. The highest BCUT2D eigenvalue weighted by atomic mass is 127. The largest absolute Gasteiger partial charge is 0.370 e. The van der Waals surface area contributed by atoms with Crippen LogP contribution in [0.1, 0.15) is 60.6 Å². The molecule has 11 heteroatoms. The van der Waals surface area contributed by atoms with Gasteiger partial charge in [0.05, 0.1) is 17.3 Å². The highest BCUT2D eigenvalue weighted by molar-refractivity contribution is 14.1. The van der Waals surface area contributed by atoms with Gasteiger partial charge in [-0.25, -0.2) is 13.5 Å². The monoisotopic (exact) mass is 587 g/mol. The third kappa shape index (κ3) is 5.37. The third-order valence-corrected chi connectivity index (χ3v) is 6.97. The highest BCUT2D eigenvalue weighted by Gasteiger charge is 2.36. The van der Waals surface area contributed by atoms with E-state index >= 15 is 0 Å². The van der Waals surface area contributed by atoms with Gasteiger partial charge < -0.3 is 10.2 Å². The number of carbonyl (C=O) groups excluding carboxylic acids is 1. The number of anilines is 2. The average Bonchev–Trinajstić information content (AvgIpc) is 3.21. The first-order chi connectivity index (χ1) is 16.2. The van der Waals surface area contributed by atoms with Crippen molar-refractivity contribution in [3.8, 4) is 6.07 Å². The van der Waals surface area contributed by atoms with E-state index in [0.717, 1.165) is 3.57 Å². The van der Waals surface area contributed by atoms with E-state index in [9.17, 15) is 27.6 Å². The van der Waals surface area contributed by atoms with Crippen LogP contribution in [-0.4, -0.2) is 34.7 Å². The zero-order chi connectivity index (χ0) is 24.5. The highest BCUT2D eigenvalue weighted by Crippen LogP contribution is 2.39. The number of hydrogen-bond donors (Lipinski definition) is 1. The number of alkyl halides is 2. The first kappa shape index (κ1) is 24.5. The molecule has 0 bridgehead atoms. The molecular formula is C23H22F4IN5O. The predicted molar refractivity (Wildman–Crippen MR) is 127 cm³/mol. The van der Waals surface area contributed by atoms with Gasteiger partial charge in [0.15, 0.2) is 5.82 Å². The van der Waals surface area contributed by atoms with E-state index in [-0.39, 0.29) is 61.7 Å². The predicted octanol–water partition coefficient (Wildman–Crippen LogP) is 6.11. The minimum atomic E-state index is -2.70. The average molecular weight is 587 g/mol. The minimum absolute atomic E-state index is 0.142. The maximum Gasteiger partial charge on any atom is 0.269 e. The van der Waals surface area contributed by atoms with E-state index in [1.165, 1.54) is 10.7 Å². The molecule has 1 aliphatic heterocycles. The lowest BCUT2D eigenvalue weighted by molar-refractivity contribution is -0.0450. The summed E-state index contributed by atoms with van der Waals surface area (Å²) in [6.45, 7) is 0.735. The summed E-state index contributed by atoms with van der Waals surface area (Å²) in [6, 6.07) is 8.39. The smallest absolute Gasteiger partial charge is 0.269 e. The lowest BCUT2D eigenvalue weighted by atomic mass is 9.92. The van der Waals surface area contributed by atoms with Crippen molar-refractivity contribution in [3.63, 3.8) is 0 Å². The quantitative estimate of drug-likeness (QED) is 0.346. The van der Waals surface area contributed by atoms with Crippen LogP contribution < -0.4 is 10.2 Å². The van der Waals surface area contributed by atoms with Crippen LogP contribution in [0.5, 0.6) is 0 Å². The number of halogens is 5. The van der Waals surface area contributed by atoms with Crippen LogP contribution in [-0.2, 0) is 0 Å². The van der Waals surface area contributed by atoms with Crippen molar-refractivity contribution in [2.24, 2.45) is 0 Å². The molecule has 1 aromatic carbocycles. The fourth-order valence-corrected chi connectivity index (χ4v) is 4.91. The Labute approximate surface area is 207 Å². The lowest BCUT2D eigenvalue weighted by Crippen LogP contribution is -2.32. The van der Waals surface area contributed by atoms with Crippen molar-refractivity contribution in [2.75, 3.05) is 23.3 Å². The first-order valence-corrected chi connectivity index (χ1v) is 12.0. The Kier molecular flexibility index (Phi) is 7.16. The van der Waals surface area contributed by atoms with Gasteiger partial charge in [-0.1, -0.05) is 0 Å². The number of nitrogens with one attached hydrogen (secondary N) is 1. The number of rotatable bonds is 4. The first-order valence-electron chi connectivity index (χ1n) is 10.9. The Morgan fingerprint density at radius 1 is 1.18 bits per heavy atom. The van der Waals surface area contributed by atoms with Crippen molar-refractivity contribution in [1.29, 1.82) is 5.26 Å².